The molecule has 1 aromatic heterocycles. The number of nitrogens with zero attached hydrogens (tertiary/aromatic N) is 2. The van der Waals surface area contributed by atoms with Gasteiger partial charge in [-0.25, -0.2) is 4.39 Å². The Morgan fingerprint density at radius 2 is 2.12 bits per heavy atom. The maximum atomic E-state index is 13.3. The molecule has 0 atom stereocenters. The van der Waals surface area contributed by atoms with E-state index in [1.54, 1.807) is 23.0 Å². The Bertz CT molecular complexity index is 491. The molecule has 2 aromatic rings. The van der Waals surface area contributed by atoms with E-state index in [2.05, 4.69) is 10.4 Å². The number of hydrogen-bond donors (Lipinski definition) is 1. The van der Waals surface area contributed by atoms with Gasteiger partial charge in [0.25, 0.3) is 0 Å². The third kappa shape index (κ3) is 2.05. The van der Waals surface area contributed by atoms with E-state index >= 15 is 0 Å². The van der Waals surface area contributed by atoms with E-state index in [1.165, 1.54) is 6.07 Å². The lowest BCUT2D eigenvalue weighted by molar-refractivity contribution is 0.630. The molecule has 1 N–H and O–H groups in total. The summed E-state index contributed by atoms with van der Waals surface area (Å²) < 4.78 is 15.1. The van der Waals surface area contributed by atoms with E-state index in [-0.39, 0.29) is 5.82 Å². The molecular weight excluding hydrogens is 205 g/mol. The summed E-state index contributed by atoms with van der Waals surface area (Å²) in [5.41, 5.74) is 2.68. The Kier molecular flexibility index (Phi) is 2.90. The quantitative estimate of drug-likeness (QED) is 0.859. The highest BCUT2D eigenvalue weighted by molar-refractivity contribution is 5.44. The lowest BCUT2D eigenvalue weighted by Gasteiger charge is -2.06. The van der Waals surface area contributed by atoms with Crippen molar-refractivity contribution in [3.63, 3.8) is 0 Å². The molecule has 0 aliphatic carbocycles. The van der Waals surface area contributed by atoms with Crippen molar-refractivity contribution in [2.45, 2.75) is 13.5 Å². The molecule has 0 bridgehead atoms. The molecule has 0 spiro atoms. The first-order valence-electron chi connectivity index (χ1n) is 5.14. The van der Waals surface area contributed by atoms with Crippen LogP contribution in [0.1, 0.15) is 11.3 Å². The zero-order valence-electron chi connectivity index (χ0n) is 9.37. The second-order valence-electron chi connectivity index (χ2n) is 3.71. The molecule has 0 radical (unpaired) electrons. The van der Waals surface area contributed by atoms with Crippen molar-refractivity contribution >= 4 is 5.69 Å². The molecule has 16 heavy (non-hydrogen) atoms. The minimum Gasteiger partial charge on any atom is -0.378 e. The molecule has 1 heterocycles. The fourth-order valence-electron chi connectivity index (χ4n) is 1.51. The molecule has 4 heteroatoms. The first kappa shape index (κ1) is 10.7. The summed E-state index contributed by atoms with van der Waals surface area (Å²) >= 11 is 0. The SMILES string of the molecule is Cc1c(CNc2ccccc2F)cnn1C. The highest BCUT2D eigenvalue weighted by atomic mass is 19.1. The van der Waals surface area contributed by atoms with Gasteiger partial charge in [0.15, 0.2) is 0 Å². The maximum Gasteiger partial charge on any atom is 0.146 e. The molecule has 0 saturated carbocycles. The molecule has 0 aliphatic heterocycles. The molecule has 0 unspecified atom stereocenters. The van der Waals surface area contributed by atoms with Crippen LogP contribution in [0, 0.1) is 12.7 Å². The number of para-hydroxylation sites is 1. The van der Waals surface area contributed by atoms with Crippen molar-refractivity contribution in [1.82, 2.24) is 9.78 Å². The summed E-state index contributed by atoms with van der Waals surface area (Å²) in [6.45, 7) is 2.58. The van der Waals surface area contributed by atoms with Gasteiger partial charge in [-0.15, -0.1) is 0 Å². The summed E-state index contributed by atoms with van der Waals surface area (Å²) in [6.07, 6.45) is 1.79. The first-order valence-corrected chi connectivity index (χ1v) is 5.14. The molecule has 1 aromatic carbocycles. The van der Waals surface area contributed by atoms with Gasteiger partial charge in [0.2, 0.25) is 0 Å². The first-order chi connectivity index (χ1) is 7.68. The van der Waals surface area contributed by atoms with Gasteiger partial charge in [-0.1, -0.05) is 12.1 Å². The van der Waals surface area contributed by atoms with Crippen LogP contribution in [0.3, 0.4) is 0 Å². The highest BCUT2D eigenvalue weighted by Gasteiger charge is 2.04. The van der Waals surface area contributed by atoms with Gasteiger partial charge in [-0.05, 0) is 19.1 Å². The minimum atomic E-state index is -0.232. The fraction of sp³-hybridized carbons (Fsp3) is 0.250. The van der Waals surface area contributed by atoms with E-state index in [4.69, 9.17) is 0 Å². The summed E-state index contributed by atoms with van der Waals surface area (Å²) in [4.78, 5) is 0. The summed E-state index contributed by atoms with van der Waals surface area (Å²) in [6, 6.07) is 6.65. The van der Waals surface area contributed by atoms with Crippen LogP contribution in [-0.2, 0) is 13.6 Å². The van der Waals surface area contributed by atoms with E-state index in [0.29, 0.717) is 12.2 Å². The van der Waals surface area contributed by atoms with E-state index in [0.717, 1.165) is 11.3 Å². The summed E-state index contributed by atoms with van der Waals surface area (Å²) in [7, 11) is 1.89. The van der Waals surface area contributed by atoms with Gasteiger partial charge >= 0.3 is 0 Å². The van der Waals surface area contributed by atoms with Crippen LogP contribution < -0.4 is 5.32 Å². The number of benzene rings is 1. The predicted molar refractivity (Wildman–Crippen MR) is 61.7 cm³/mol. The molecule has 0 fully saturated rings. The monoisotopic (exact) mass is 219 g/mol. The van der Waals surface area contributed by atoms with Gasteiger partial charge in [0, 0.05) is 24.8 Å². The molecular formula is C12H14FN3. The standard InChI is InChI=1S/C12H14FN3/c1-9-10(8-15-16(9)2)7-14-12-6-4-3-5-11(12)13/h3-6,8,14H,7H2,1-2H3. The average molecular weight is 219 g/mol. The third-order valence-electron chi connectivity index (χ3n) is 2.68. The zero-order chi connectivity index (χ0) is 11.5. The van der Waals surface area contributed by atoms with Crippen molar-refractivity contribution in [3.8, 4) is 0 Å². The van der Waals surface area contributed by atoms with Gasteiger partial charge in [0.1, 0.15) is 5.82 Å². The number of rotatable bonds is 3. The average Bonchev–Trinajstić information content (AvgIpc) is 2.59. The maximum absolute atomic E-state index is 13.3. The number of anilines is 1. The second kappa shape index (κ2) is 4.35. The Balaban J connectivity index is 2.08. The Morgan fingerprint density at radius 3 is 2.75 bits per heavy atom. The van der Waals surface area contributed by atoms with Crippen molar-refractivity contribution in [2.24, 2.45) is 7.05 Å². The molecule has 0 aliphatic rings. The van der Waals surface area contributed by atoms with Crippen molar-refractivity contribution in [3.05, 3.63) is 47.5 Å². The molecule has 0 saturated heterocycles. The van der Waals surface area contributed by atoms with E-state index in [9.17, 15) is 4.39 Å². The van der Waals surface area contributed by atoms with Crippen LogP contribution >= 0.6 is 0 Å². The Hall–Kier alpha value is -1.84. The van der Waals surface area contributed by atoms with Gasteiger partial charge in [-0.2, -0.15) is 5.10 Å². The number of halogens is 1. The molecule has 2 rings (SSSR count). The Labute approximate surface area is 93.9 Å². The van der Waals surface area contributed by atoms with Crippen LogP contribution in [-0.4, -0.2) is 9.78 Å². The van der Waals surface area contributed by atoms with E-state index < -0.39 is 0 Å². The fourth-order valence-corrected chi connectivity index (χ4v) is 1.51. The summed E-state index contributed by atoms with van der Waals surface area (Å²) in [5, 5.41) is 7.19. The third-order valence-corrected chi connectivity index (χ3v) is 2.68. The van der Waals surface area contributed by atoms with Gasteiger partial charge in [0.05, 0.1) is 11.9 Å². The highest BCUT2D eigenvalue weighted by Crippen LogP contribution is 2.14. The number of nitrogens with one attached hydrogen (secondary N) is 1. The zero-order valence-corrected chi connectivity index (χ0v) is 9.37. The summed E-state index contributed by atoms with van der Waals surface area (Å²) in [5.74, 6) is -0.232. The number of hydrogen-bond acceptors (Lipinski definition) is 2. The normalized spacial score (nSPS) is 10.4. The van der Waals surface area contributed by atoms with Crippen molar-refractivity contribution < 1.29 is 4.39 Å². The van der Waals surface area contributed by atoms with Crippen molar-refractivity contribution in [2.75, 3.05) is 5.32 Å². The number of aromatic nitrogens is 2. The second-order valence-corrected chi connectivity index (χ2v) is 3.71. The molecule has 84 valence electrons. The van der Waals surface area contributed by atoms with Crippen LogP contribution in [0.15, 0.2) is 30.5 Å². The van der Waals surface area contributed by atoms with Gasteiger partial charge in [-0.3, -0.25) is 4.68 Å². The lowest BCUT2D eigenvalue weighted by atomic mass is 10.2. The van der Waals surface area contributed by atoms with Crippen LogP contribution in [0.4, 0.5) is 10.1 Å². The van der Waals surface area contributed by atoms with Crippen LogP contribution in [0.5, 0.6) is 0 Å². The van der Waals surface area contributed by atoms with Gasteiger partial charge < -0.3 is 5.32 Å². The van der Waals surface area contributed by atoms with Crippen LogP contribution in [0.2, 0.25) is 0 Å². The molecule has 3 nitrogen and oxygen atoms in total. The van der Waals surface area contributed by atoms with Crippen LogP contribution in [0.25, 0.3) is 0 Å². The lowest BCUT2D eigenvalue weighted by Crippen LogP contribution is -2.02. The number of aryl methyl sites for hydroxylation is 1. The topological polar surface area (TPSA) is 29.9 Å². The smallest absolute Gasteiger partial charge is 0.146 e. The van der Waals surface area contributed by atoms with E-state index in [1.807, 2.05) is 20.0 Å². The molecule has 0 amide bonds. The predicted octanol–water partition coefficient (Wildman–Crippen LogP) is 2.48. The largest absolute Gasteiger partial charge is 0.378 e. The minimum absolute atomic E-state index is 0.232. The Morgan fingerprint density at radius 1 is 1.38 bits per heavy atom. The van der Waals surface area contributed by atoms with Crippen molar-refractivity contribution in [1.29, 1.82) is 0 Å².